The molecule has 0 unspecified atom stereocenters. The number of thiophene rings is 1. The molecule has 0 radical (unpaired) electrons. The lowest BCUT2D eigenvalue weighted by molar-refractivity contribution is -0.137. The monoisotopic (exact) mass is 458 g/mol. The maximum Gasteiger partial charge on any atom is 0.416 e. The Labute approximate surface area is 190 Å². The summed E-state index contributed by atoms with van der Waals surface area (Å²) in [6.07, 6.45) is 5.28. The van der Waals surface area contributed by atoms with Gasteiger partial charge in [0, 0.05) is 22.1 Å². The Kier molecular flexibility index (Phi) is 7.56. The Morgan fingerprint density at radius 1 is 1.12 bits per heavy atom. The third-order valence-electron chi connectivity index (χ3n) is 5.21. The van der Waals surface area contributed by atoms with E-state index in [1.54, 1.807) is 12.1 Å². The summed E-state index contributed by atoms with van der Waals surface area (Å²) in [6, 6.07) is 9.98. The number of halogens is 3. The van der Waals surface area contributed by atoms with Crippen LogP contribution in [0.2, 0.25) is 0 Å². The summed E-state index contributed by atoms with van der Waals surface area (Å²) in [5.41, 5.74) is 3.53. The summed E-state index contributed by atoms with van der Waals surface area (Å²) in [4.78, 5) is 12.4. The van der Waals surface area contributed by atoms with E-state index in [4.69, 9.17) is 0 Å². The fourth-order valence-electron chi connectivity index (χ4n) is 3.58. The van der Waals surface area contributed by atoms with Crippen molar-refractivity contribution in [1.29, 1.82) is 0 Å². The zero-order valence-electron chi connectivity index (χ0n) is 18.3. The standard InChI is InChI=1S/C26H25F3O2S/c1-4-6-21-22-13-12-20(26(27,28)29)16-24(22)32-23(21)8-5-7-18-9-10-19(17(2)15-18)11-14-25(30)31-3/h5,7,9-16H,4,6,8H2,1-3H3. The number of methoxy groups -OCH3 is 1. The highest BCUT2D eigenvalue weighted by molar-refractivity contribution is 7.19. The summed E-state index contributed by atoms with van der Waals surface area (Å²) in [7, 11) is 1.34. The van der Waals surface area contributed by atoms with Gasteiger partial charge in [0.25, 0.3) is 0 Å². The minimum absolute atomic E-state index is 0.401. The number of ether oxygens (including phenoxy) is 1. The lowest BCUT2D eigenvalue weighted by Crippen LogP contribution is -2.03. The maximum atomic E-state index is 13.1. The molecule has 168 valence electrons. The molecule has 1 aromatic heterocycles. The molecular formula is C26H25F3O2S. The maximum absolute atomic E-state index is 13.1. The molecule has 0 saturated heterocycles. The first kappa shape index (κ1) is 23.8. The van der Waals surface area contributed by atoms with Crippen molar-refractivity contribution in [1.82, 2.24) is 0 Å². The van der Waals surface area contributed by atoms with Crippen LogP contribution in [0.1, 0.15) is 46.0 Å². The average Bonchev–Trinajstić information content (AvgIpc) is 3.09. The number of benzene rings is 2. The van der Waals surface area contributed by atoms with Gasteiger partial charge in [-0.25, -0.2) is 4.79 Å². The highest BCUT2D eigenvalue weighted by Gasteiger charge is 2.30. The van der Waals surface area contributed by atoms with Crippen molar-refractivity contribution < 1.29 is 22.7 Å². The number of fused-ring (bicyclic) bond motifs is 1. The molecule has 1 heterocycles. The Bertz CT molecular complexity index is 1170. The van der Waals surface area contributed by atoms with E-state index in [1.807, 2.05) is 37.3 Å². The Morgan fingerprint density at radius 3 is 2.56 bits per heavy atom. The van der Waals surface area contributed by atoms with Crippen molar-refractivity contribution >= 4 is 39.5 Å². The molecule has 0 bridgehead atoms. The van der Waals surface area contributed by atoms with Gasteiger partial charge in [-0.15, -0.1) is 11.3 Å². The molecule has 0 aliphatic rings. The average molecular weight is 459 g/mol. The van der Waals surface area contributed by atoms with Crippen LogP contribution in [-0.4, -0.2) is 13.1 Å². The molecule has 2 aromatic carbocycles. The topological polar surface area (TPSA) is 26.3 Å². The number of hydrogen-bond donors (Lipinski definition) is 0. The second-order valence-electron chi connectivity index (χ2n) is 7.54. The molecule has 0 aliphatic heterocycles. The van der Waals surface area contributed by atoms with Gasteiger partial charge in [0.15, 0.2) is 0 Å². The van der Waals surface area contributed by atoms with Gasteiger partial charge in [-0.05, 0) is 59.2 Å². The number of carbonyl (C=O) groups is 1. The van der Waals surface area contributed by atoms with Crippen LogP contribution in [0.25, 0.3) is 22.2 Å². The highest BCUT2D eigenvalue weighted by atomic mass is 32.1. The quantitative estimate of drug-likeness (QED) is 0.269. The van der Waals surface area contributed by atoms with E-state index in [9.17, 15) is 18.0 Å². The molecule has 0 spiro atoms. The van der Waals surface area contributed by atoms with Crippen LogP contribution < -0.4 is 0 Å². The van der Waals surface area contributed by atoms with Gasteiger partial charge >= 0.3 is 12.1 Å². The summed E-state index contributed by atoms with van der Waals surface area (Å²) >= 11 is 1.44. The number of aryl methyl sites for hydroxylation is 2. The SMILES string of the molecule is CCCc1c(CC=Cc2ccc(C=CC(=O)OC)c(C)c2)sc2cc(C(F)(F)F)ccc12. The Morgan fingerprint density at radius 2 is 1.91 bits per heavy atom. The van der Waals surface area contributed by atoms with E-state index in [2.05, 4.69) is 11.7 Å². The fourth-order valence-corrected chi connectivity index (χ4v) is 4.85. The molecule has 2 nitrogen and oxygen atoms in total. The van der Waals surface area contributed by atoms with Crippen LogP contribution in [0.4, 0.5) is 13.2 Å². The molecule has 0 aliphatic carbocycles. The number of esters is 1. The van der Waals surface area contributed by atoms with Gasteiger partial charge in [-0.1, -0.05) is 49.8 Å². The predicted molar refractivity (Wildman–Crippen MR) is 126 cm³/mol. The molecule has 0 N–H and O–H groups in total. The molecule has 0 amide bonds. The van der Waals surface area contributed by atoms with Crippen LogP contribution >= 0.6 is 11.3 Å². The molecule has 3 rings (SSSR count). The van der Waals surface area contributed by atoms with Gasteiger partial charge in [0.1, 0.15) is 0 Å². The number of allylic oxidation sites excluding steroid dienone is 1. The van der Waals surface area contributed by atoms with Gasteiger partial charge in [-0.2, -0.15) is 13.2 Å². The minimum atomic E-state index is -4.33. The molecular weight excluding hydrogens is 433 g/mol. The minimum Gasteiger partial charge on any atom is -0.466 e. The van der Waals surface area contributed by atoms with Crippen molar-refractivity contribution in [3.63, 3.8) is 0 Å². The van der Waals surface area contributed by atoms with Crippen LogP contribution in [0.5, 0.6) is 0 Å². The van der Waals surface area contributed by atoms with Crippen LogP contribution in [0.15, 0.2) is 48.6 Å². The lowest BCUT2D eigenvalue weighted by Gasteiger charge is -2.06. The first-order valence-electron chi connectivity index (χ1n) is 10.4. The summed E-state index contributed by atoms with van der Waals surface area (Å²) in [6.45, 7) is 4.05. The summed E-state index contributed by atoms with van der Waals surface area (Å²) < 4.78 is 44.6. The van der Waals surface area contributed by atoms with Crippen molar-refractivity contribution in [2.45, 2.75) is 39.3 Å². The van der Waals surface area contributed by atoms with E-state index in [0.29, 0.717) is 11.1 Å². The first-order chi connectivity index (χ1) is 15.2. The lowest BCUT2D eigenvalue weighted by atomic mass is 10.0. The number of hydrogen-bond acceptors (Lipinski definition) is 3. The van der Waals surface area contributed by atoms with Crippen molar-refractivity contribution in [3.05, 3.63) is 81.2 Å². The van der Waals surface area contributed by atoms with Gasteiger partial charge in [-0.3, -0.25) is 0 Å². The second kappa shape index (κ2) is 10.2. The normalized spacial score (nSPS) is 12.3. The van der Waals surface area contributed by atoms with Crippen LogP contribution in [0.3, 0.4) is 0 Å². The molecule has 0 atom stereocenters. The van der Waals surface area contributed by atoms with E-state index < -0.39 is 17.7 Å². The molecule has 3 aromatic rings. The third-order valence-corrected chi connectivity index (χ3v) is 6.43. The van der Waals surface area contributed by atoms with E-state index in [1.165, 1.54) is 36.7 Å². The predicted octanol–water partition coefficient (Wildman–Crippen LogP) is 7.62. The highest BCUT2D eigenvalue weighted by Crippen LogP contribution is 2.37. The molecule has 32 heavy (non-hydrogen) atoms. The number of rotatable bonds is 7. The fraction of sp³-hybridized carbons (Fsp3) is 0.269. The molecule has 0 fully saturated rings. The second-order valence-corrected chi connectivity index (χ2v) is 8.68. The van der Waals surface area contributed by atoms with Crippen LogP contribution in [-0.2, 0) is 28.5 Å². The molecule has 6 heteroatoms. The van der Waals surface area contributed by atoms with Gasteiger partial charge in [0.2, 0.25) is 0 Å². The number of alkyl halides is 3. The van der Waals surface area contributed by atoms with Crippen LogP contribution in [0, 0.1) is 6.92 Å². The molecule has 0 saturated carbocycles. The zero-order valence-corrected chi connectivity index (χ0v) is 19.1. The van der Waals surface area contributed by atoms with E-state index in [0.717, 1.165) is 45.4 Å². The van der Waals surface area contributed by atoms with Gasteiger partial charge < -0.3 is 4.74 Å². The zero-order chi connectivity index (χ0) is 23.3. The van der Waals surface area contributed by atoms with Crippen molar-refractivity contribution in [2.24, 2.45) is 0 Å². The van der Waals surface area contributed by atoms with E-state index >= 15 is 0 Å². The number of carbonyl (C=O) groups excluding carboxylic acids is 1. The Balaban J connectivity index is 1.81. The summed E-state index contributed by atoms with van der Waals surface area (Å²) in [5.74, 6) is -0.401. The first-order valence-corrected chi connectivity index (χ1v) is 11.2. The summed E-state index contributed by atoms with van der Waals surface area (Å²) in [5, 5.41) is 0.922. The Hall–Kier alpha value is -2.86. The van der Waals surface area contributed by atoms with Gasteiger partial charge in [0.05, 0.1) is 12.7 Å². The largest absolute Gasteiger partial charge is 0.466 e. The van der Waals surface area contributed by atoms with Crippen molar-refractivity contribution in [3.8, 4) is 0 Å². The van der Waals surface area contributed by atoms with Crippen molar-refractivity contribution in [2.75, 3.05) is 7.11 Å². The smallest absolute Gasteiger partial charge is 0.416 e. The third kappa shape index (κ3) is 5.68. The van der Waals surface area contributed by atoms with E-state index in [-0.39, 0.29) is 0 Å².